The monoisotopic (exact) mass is 493 g/mol. The second kappa shape index (κ2) is 9.40. The molecule has 0 aliphatic heterocycles. The summed E-state index contributed by atoms with van der Waals surface area (Å²) >= 11 is 1.51. The van der Waals surface area contributed by atoms with Crippen LogP contribution in [0.1, 0.15) is 35.1 Å². The molecule has 174 valence electrons. The van der Waals surface area contributed by atoms with E-state index >= 15 is 0 Å². The topological polar surface area (TPSA) is 63.2 Å². The maximum Gasteiger partial charge on any atom is 0.416 e. The summed E-state index contributed by atoms with van der Waals surface area (Å²) in [5.74, 6) is -0.221. The average molecular weight is 494 g/mol. The number of carbonyl (C=O) groups is 1. The predicted molar refractivity (Wildman–Crippen MR) is 122 cm³/mol. The fourth-order valence-electron chi connectivity index (χ4n) is 3.64. The number of hydrogen-bond acceptors (Lipinski definition) is 4. The van der Waals surface area contributed by atoms with Gasteiger partial charge in [0.05, 0.1) is 10.8 Å². The Labute approximate surface area is 194 Å². The van der Waals surface area contributed by atoms with Crippen LogP contribution in [0, 0.1) is 0 Å². The van der Waals surface area contributed by atoms with Crippen LogP contribution in [0.4, 0.5) is 13.2 Å². The van der Waals surface area contributed by atoms with Crippen molar-refractivity contribution in [1.29, 1.82) is 0 Å². The highest BCUT2D eigenvalue weighted by molar-refractivity contribution is 7.90. The van der Waals surface area contributed by atoms with Crippen molar-refractivity contribution < 1.29 is 26.4 Å². The summed E-state index contributed by atoms with van der Waals surface area (Å²) in [6.07, 6.45) is -3.22. The first kappa shape index (κ1) is 23.7. The maximum absolute atomic E-state index is 13.0. The van der Waals surface area contributed by atoms with Crippen molar-refractivity contribution in [2.24, 2.45) is 0 Å². The van der Waals surface area contributed by atoms with Crippen LogP contribution in [0.2, 0.25) is 0 Å². The molecule has 1 fully saturated rings. The van der Waals surface area contributed by atoms with Crippen LogP contribution < -0.4 is 4.72 Å². The summed E-state index contributed by atoms with van der Waals surface area (Å²) in [6.45, 7) is 0.123. The summed E-state index contributed by atoms with van der Waals surface area (Å²) in [4.78, 5) is 12.8. The van der Waals surface area contributed by atoms with Gasteiger partial charge in [-0.15, -0.1) is 0 Å². The van der Waals surface area contributed by atoms with Gasteiger partial charge in [0, 0.05) is 19.4 Å². The molecule has 1 heterocycles. The van der Waals surface area contributed by atoms with E-state index in [4.69, 9.17) is 0 Å². The van der Waals surface area contributed by atoms with Gasteiger partial charge >= 0.3 is 6.18 Å². The Morgan fingerprint density at radius 3 is 2.48 bits per heavy atom. The third-order valence-corrected chi connectivity index (χ3v) is 8.06. The molecule has 0 saturated heterocycles. The summed E-state index contributed by atoms with van der Waals surface area (Å²) in [6, 6.07) is 12.2. The third kappa shape index (κ3) is 6.10. The van der Waals surface area contributed by atoms with E-state index in [0.717, 1.165) is 28.8 Å². The molecule has 0 unspecified atom stereocenters. The molecule has 1 N–H and O–H groups in total. The lowest BCUT2D eigenvalue weighted by molar-refractivity contribution is -0.137. The van der Waals surface area contributed by atoms with Gasteiger partial charge in [-0.2, -0.15) is 24.5 Å². The number of sulfonamides is 1. The normalized spacial score (nSPS) is 14.4. The molecule has 9 heteroatoms. The van der Waals surface area contributed by atoms with Crippen molar-refractivity contribution in [1.82, 2.24) is 4.72 Å². The molecular weight excluding hydrogens is 471 g/mol. The molecule has 2 aromatic carbocycles. The number of nitrogens with one attached hydrogen (secondary N) is 1. The molecule has 0 bridgehead atoms. The van der Waals surface area contributed by atoms with Crippen LogP contribution >= 0.6 is 11.3 Å². The van der Waals surface area contributed by atoms with Crippen LogP contribution in [0.3, 0.4) is 0 Å². The summed E-state index contributed by atoms with van der Waals surface area (Å²) in [5.41, 5.74) is 2.75. The molecule has 0 radical (unpaired) electrons. The van der Waals surface area contributed by atoms with Crippen molar-refractivity contribution in [3.05, 3.63) is 81.5 Å². The molecule has 1 aromatic heterocycles. The second-order valence-corrected chi connectivity index (χ2v) is 11.0. The smallest absolute Gasteiger partial charge is 0.299 e. The Kier molecular flexibility index (Phi) is 6.74. The van der Waals surface area contributed by atoms with Crippen LogP contribution in [-0.2, 0) is 40.4 Å². The number of carbonyl (C=O) groups excluding carboxylic acids is 1. The second-order valence-electron chi connectivity index (χ2n) is 8.16. The van der Waals surface area contributed by atoms with Gasteiger partial charge in [0.1, 0.15) is 5.78 Å². The zero-order valence-corrected chi connectivity index (χ0v) is 19.2. The maximum atomic E-state index is 13.0. The summed E-state index contributed by atoms with van der Waals surface area (Å²) < 4.78 is 65.8. The van der Waals surface area contributed by atoms with E-state index < -0.39 is 21.8 Å². The number of hydrogen-bond donors (Lipinski definition) is 1. The molecule has 1 aliphatic carbocycles. The minimum atomic E-state index is -4.46. The van der Waals surface area contributed by atoms with Gasteiger partial charge < -0.3 is 0 Å². The van der Waals surface area contributed by atoms with Gasteiger partial charge in [-0.3, -0.25) is 4.79 Å². The van der Waals surface area contributed by atoms with E-state index in [-0.39, 0.29) is 30.4 Å². The average Bonchev–Trinajstić information content (AvgIpc) is 3.49. The molecule has 4 rings (SSSR count). The van der Waals surface area contributed by atoms with Gasteiger partial charge in [0.2, 0.25) is 10.0 Å². The molecule has 0 spiro atoms. The van der Waals surface area contributed by atoms with Crippen molar-refractivity contribution in [3.63, 3.8) is 0 Å². The number of benzene rings is 2. The molecule has 1 aliphatic rings. The zero-order chi connectivity index (χ0) is 23.6. The van der Waals surface area contributed by atoms with Crippen LogP contribution in [0.25, 0.3) is 11.1 Å². The Balaban J connectivity index is 1.53. The predicted octanol–water partition coefficient (Wildman–Crippen LogP) is 5.37. The highest BCUT2D eigenvalue weighted by Crippen LogP contribution is 2.31. The van der Waals surface area contributed by atoms with Crippen molar-refractivity contribution in [3.8, 4) is 11.1 Å². The quantitative estimate of drug-likeness (QED) is 0.436. The SMILES string of the molecule is O=C(Cc1cccc(C(F)(F)F)c1)Cc1cc(CNS(=O)(=O)C2CC2)ccc1-c1ccsc1. The van der Waals surface area contributed by atoms with Crippen LogP contribution in [-0.4, -0.2) is 19.5 Å². The molecule has 0 amide bonds. The number of ketones is 1. The Bertz CT molecular complexity index is 1250. The first-order valence-electron chi connectivity index (χ1n) is 10.4. The third-order valence-electron chi connectivity index (χ3n) is 5.49. The Morgan fingerprint density at radius 1 is 1.03 bits per heavy atom. The standard InChI is InChI=1S/C24H22F3NO3S2/c25-24(26,27)20-3-1-2-16(11-20)12-21(29)13-19-10-17(14-28-33(30,31)22-5-6-22)4-7-23(19)18-8-9-32-15-18/h1-4,7-11,15,22,28H,5-6,12-14H2. The number of alkyl halides is 3. The molecule has 1 saturated carbocycles. The van der Waals surface area contributed by atoms with Gasteiger partial charge in [-0.25, -0.2) is 13.1 Å². The highest BCUT2D eigenvalue weighted by atomic mass is 32.2. The fraction of sp³-hybridized carbons (Fsp3) is 0.292. The lowest BCUT2D eigenvalue weighted by Crippen LogP contribution is -2.26. The number of halogens is 3. The van der Waals surface area contributed by atoms with E-state index in [9.17, 15) is 26.4 Å². The van der Waals surface area contributed by atoms with Crippen molar-refractivity contribution in [2.75, 3.05) is 0 Å². The van der Waals surface area contributed by atoms with Gasteiger partial charge in [-0.1, -0.05) is 36.4 Å². The van der Waals surface area contributed by atoms with E-state index in [2.05, 4.69) is 4.72 Å². The van der Waals surface area contributed by atoms with Gasteiger partial charge in [0.25, 0.3) is 0 Å². The van der Waals surface area contributed by atoms with Gasteiger partial charge in [0.15, 0.2) is 0 Å². The molecule has 4 nitrogen and oxygen atoms in total. The van der Waals surface area contributed by atoms with E-state index in [1.165, 1.54) is 23.5 Å². The van der Waals surface area contributed by atoms with Crippen LogP contribution in [0.5, 0.6) is 0 Å². The summed E-state index contributed by atoms with van der Waals surface area (Å²) in [5, 5.41) is 3.54. The van der Waals surface area contributed by atoms with Gasteiger partial charge in [-0.05, 0) is 63.6 Å². The minimum Gasteiger partial charge on any atom is -0.299 e. The lowest BCUT2D eigenvalue weighted by Gasteiger charge is -2.13. The Morgan fingerprint density at radius 2 is 1.82 bits per heavy atom. The van der Waals surface area contributed by atoms with E-state index in [1.807, 2.05) is 29.0 Å². The Hall–Kier alpha value is -2.49. The van der Waals surface area contributed by atoms with Crippen molar-refractivity contribution in [2.45, 2.75) is 43.7 Å². The van der Waals surface area contributed by atoms with Crippen molar-refractivity contribution >= 4 is 27.1 Å². The lowest BCUT2D eigenvalue weighted by atomic mass is 9.94. The number of thiophene rings is 1. The highest BCUT2D eigenvalue weighted by Gasteiger charge is 2.35. The molecule has 33 heavy (non-hydrogen) atoms. The first-order chi connectivity index (χ1) is 15.6. The molecule has 0 atom stereocenters. The first-order valence-corrected chi connectivity index (χ1v) is 12.9. The number of Topliss-reactive ketones (excluding diaryl/α,β-unsaturated/α-hetero) is 1. The van der Waals surface area contributed by atoms with E-state index in [0.29, 0.717) is 24.0 Å². The molecular formula is C24H22F3NO3S2. The molecule has 3 aromatic rings. The van der Waals surface area contributed by atoms with E-state index in [1.54, 1.807) is 6.07 Å². The largest absolute Gasteiger partial charge is 0.416 e. The van der Waals surface area contributed by atoms with Crippen LogP contribution in [0.15, 0.2) is 59.3 Å². The zero-order valence-electron chi connectivity index (χ0n) is 17.6. The fourth-order valence-corrected chi connectivity index (χ4v) is 5.66. The summed E-state index contributed by atoms with van der Waals surface area (Å²) in [7, 11) is -3.34. The number of rotatable bonds is 9. The minimum absolute atomic E-state index is 0.0324.